The maximum Gasteiger partial charge on any atom is 0.338 e. The topological polar surface area (TPSA) is 69.7 Å². The third kappa shape index (κ3) is 4.55. The maximum atomic E-state index is 14.0. The van der Waals surface area contributed by atoms with E-state index in [1.807, 2.05) is 30.3 Å². The van der Waals surface area contributed by atoms with Crippen LogP contribution in [0.15, 0.2) is 30.3 Å². The van der Waals surface area contributed by atoms with Gasteiger partial charge in [-0.1, -0.05) is 39.0 Å². The Bertz CT molecular complexity index is 1020. The molecule has 0 heterocycles. The number of methoxy groups -OCH3 is 1. The molecule has 0 spiro atoms. The molecule has 0 aromatic heterocycles. The van der Waals surface area contributed by atoms with Crippen molar-refractivity contribution in [3.63, 3.8) is 0 Å². The molecule has 3 unspecified atom stereocenters. The van der Waals surface area contributed by atoms with Gasteiger partial charge in [0.2, 0.25) is 0 Å². The number of carbonyl (C=O) groups is 3. The lowest BCUT2D eigenvalue weighted by Crippen LogP contribution is -2.57. The molecular weight excluding hydrogens is 464 g/mol. The first-order valence-electron chi connectivity index (χ1n) is 14.5. The van der Waals surface area contributed by atoms with Crippen LogP contribution in [-0.2, 0) is 19.1 Å². The molecule has 0 radical (unpaired) electrons. The summed E-state index contributed by atoms with van der Waals surface area (Å²) < 4.78 is 10.8. The van der Waals surface area contributed by atoms with Crippen molar-refractivity contribution in [2.75, 3.05) is 7.11 Å². The van der Waals surface area contributed by atoms with Gasteiger partial charge in [0.05, 0.1) is 12.7 Å². The Morgan fingerprint density at radius 1 is 1.03 bits per heavy atom. The third-order valence-electron chi connectivity index (χ3n) is 11.6. The molecule has 4 aliphatic rings. The number of esters is 2. The highest BCUT2D eigenvalue weighted by Gasteiger charge is 2.64. The summed E-state index contributed by atoms with van der Waals surface area (Å²) in [5.74, 6) is 2.79. The fourth-order valence-electron chi connectivity index (χ4n) is 9.42. The Hall–Kier alpha value is -2.17. The minimum absolute atomic E-state index is 0.0292. The molecule has 0 bridgehead atoms. The minimum Gasteiger partial charge on any atom is -0.469 e. The van der Waals surface area contributed by atoms with E-state index in [4.69, 9.17) is 9.47 Å². The van der Waals surface area contributed by atoms with Crippen molar-refractivity contribution in [2.24, 2.45) is 46.3 Å². The van der Waals surface area contributed by atoms with Crippen LogP contribution in [0.3, 0.4) is 0 Å². The van der Waals surface area contributed by atoms with Crippen molar-refractivity contribution in [1.82, 2.24) is 0 Å². The van der Waals surface area contributed by atoms with Gasteiger partial charge in [-0.3, -0.25) is 9.59 Å². The molecule has 0 saturated heterocycles. The van der Waals surface area contributed by atoms with Crippen molar-refractivity contribution < 1.29 is 23.9 Å². The Labute approximate surface area is 222 Å². The molecule has 4 saturated carbocycles. The van der Waals surface area contributed by atoms with Crippen molar-refractivity contribution in [3.8, 4) is 0 Å². The number of Topliss-reactive ketones (excluding diaryl/α,β-unsaturated/α-hetero) is 1. The SMILES string of the molecule is COC(=O)CC[C@@H](C)C1CC[C@H]2C3CC[C@@H]4C[C@H](OC(=O)c5ccccc5)CC[C@]4(C)C3CC(=O)[C@]12C. The molecule has 0 amide bonds. The average Bonchev–Trinajstić information content (AvgIpc) is 3.27. The second kappa shape index (κ2) is 10.2. The minimum atomic E-state index is -0.262. The number of benzene rings is 1. The molecule has 202 valence electrons. The summed E-state index contributed by atoms with van der Waals surface area (Å²) in [6.45, 7) is 6.93. The first-order valence-corrected chi connectivity index (χ1v) is 14.5. The van der Waals surface area contributed by atoms with Gasteiger partial charge >= 0.3 is 11.9 Å². The summed E-state index contributed by atoms with van der Waals surface area (Å²) in [4.78, 5) is 38.4. The zero-order valence-electron chi connectivity index (χ0n) is 23.0. The maximum absolute atomic E-state index is 14.0. The molecule has 9 atom stereocenters. The van der Waals surface area contributed by atoms with Crippen molar-refractivity contribution >= 4 is 17.7 Å². The highest BCUT2D eigenvalue weighted by atomic mass is 16.5. The first kappa shape index (κ1) is 26.4. The Morgan fingerprint density at radius 3 is 2.51 bits per heavy atom. The molecule has 5 heteroatoms. The van der Waals surface area contributed by atoms with Crippen LogP contribution < -0.4 is 0 Å². The van der Waals surface area contributed by atoms with E-state index in [1.165, 1.54) is 20.0 Å². The van der Waals surface area contributed by atoms with Gasteiger partial charge in [0.15, 0.2) is 0 Å². The monoisotopic (exact) mass is 508 g/mol. The Balaban J connectivity index is 1.27. The van der Waals surface area contributed by atoms with Gasteiger partial charge in [0.1, 0.15) is 11.9 Å². The van der Waals surface area contributed by atoms with E-state index in [1.54, 1.807) is 0 Å². The predicted molar refractivity (Wildman–Crippen MR) is 142 cm³/mol. The van der Waals surface area contributed by atoms with Crippen LogP contribution in [-0.4, -0.2) is 30.9 Å². The van der Waals surface area contributed by atoms with Gasteiger partial charge in [-0.15, -0.1) is 0 Å². The van der Waals surface area contributed by atoms with Crippen LogP contribution in [0.2, 0.25) is 0 Å². The first-order chi connectivity index (χ1) is 17.7. The average molecular weight is 509 g/mol. The van der Waals surface area contributed by atoms with Gasteiger partial charge in [0, 0.05) is 18.3 Å². The van der Waals surface area contributed by atoms with E-state index < -0.39 is 0 Å². The number of carbonyl (C=O) groups excluding carboxylic acids is 3. The highest BCUT2D eigenvalue weighted by molar-refractivity contribution is 5.89. The van der Waals surface area contributed by atoms with E-state index in [-0.39, 0.29) is 28.9 Å². The highest BCUT2D eigenvalue weighted by Crippen LogP contribution is 2.67. The summed E-state index contributed by atoms with van der Waals surface area (Å²) in [7, 11) is 1.45. The molecule has 4 aliphatic carbocycles. The van der Waals surface area contributed by atoms with Gasteiger partial charge in [0.25, 0.3) is 0 Å². The van der Waals surface area contributed by atoms with Crippen molar-refractivity contribution in [3.05, 3.63) is 35.9 Å². The summed E-state index contributed by atoms with van der Waals surface area (Å²) in [6.07, 6.45) is 9.31. The molecular formula is C32H44O5. The standard InChI is InChI=1S/C32H44O5/c1-20(10-15-29(34)36-4)25-13-14-26-24-12-11-22-18-23(37-30(35)21-8-6-5-7-9-21)16-17-31(22,2)27(24)19-28(33)32(25,26)3/h5-9,20,22-27H,10-19H2,1-4H3/t20-,22-,23-,24?,25?,26+,27?,31+,32-/m1/s1. The van der Waals surface area contributed by atoms with E-state index in [2.05, 4.69) is 20.8 Å². The van der Waals surface area contributed by atoms with Crippen LogP contribution in [0, 0.1) is 46.3 Å². The second-order valence-electron chi connectivity index (χ2n) is 13.0. The largest absolute Gasteiger partial charge is 0.469 e. The van der Waals surface area contributed by atoms with Gasteiger partial charge < -0.3 is 9.47 Å². The van der Waals surface area contributed by atoms with E-state index in [0.717, 1.165) is 38.5 Å². The molecule has 5 nitrogen and oxygen atoms in total. The number of ketones is 1. The van der Waals surface area contributed by atoms with E-state index in [0.29, 0.717) is 59.7 Å². The molecule has 1 aromatic carbocycles. The normalized spacial score (nSPS) is 39.6. The zero-order valence-corrected chi connectivity index (χ0v) is 23.0. The van der Waals surface area contributed by atoms with E-state index >= 15 is 0 Å². The number of ether oxygens (including phenoxy) is 2. The van der Waals surface area contributed by atoms with Crippen molar-refractivity contribution in [1.29, 1.82) is 0 Å². The smallest absolute Gasteiger partial charge is 0.338 e. The number of fused-ring (bicyclic) bond motifs is 5. The summed E-state index contributed by atoms with van der Waals surface area (Å²) in [6, 6.07) is 9.29. The summed E-state index contributed by atoms with van der Waals surface area (Å²) in [5.41, 5.74) is 0.500. The van der Waals surface area contributed by atoms with Crippen molar-refractivity contribution in [2.45, 2.75) is 91.1 Å². The molecule has 37 heavy (non-hydrogen) atoms. The Kier molecular flexibility index (Phi) is 7.28. The molecule has 0 N–H and O–H groups in total. The third-order valence-corrected chi connectivity index (χ3v) is 11.6. The quantitative estimate of drug-likeness (QED) is 0.403. The van der Waals surface area contributed by atoms with Crippen LogP contribution in [0.25, 0.3) is 0 Å². The predicted octanol–water partition coefficient (Wildman–Crippen LogP) is 6.64. The Morgan fingerprint density at radius 2 is 1.78 bits per heavy atom. The second-order valence-corrected chi connectivity index (χ2v) is 13.0. The molecule has 5 rings (SSSR count). The zero-order chi connectivity index (χ0) is 26.4. The lowest BCUT2D eigenvalue weighted by Gasteiger charge is -2.60. The number of rotatable bonds is 6. The van der Waals surface area contributed by atoms with Gasteiger partial charge in [-0.05, 0) is 104 Å². The van der Waals surface area contributed by atoms with Crippen LogP contribution >= 0.6 is 0 Å². The van der Waals surface area contributed by atoms with Crippen LogP contribution in [0.1, 0.15) is 95.3 Å². The lowest BCUT2D eigenvalue weighted by atomic mass is 9.44. The lowest BCUT2D eigenvalue weighted by molar-refractivity contribution is -0.160. The van der Waals surface area contributed by atoms with Gasteiger partial charge in [-0.25, -0.2) is 4.79 Å². The fourth-order valence-corrected chi connectivity index (χ4v) is 9.42. The summed E-state index contributed by atoms with van der Waals surface area (Å²) in [5, 5.41) is 0. The van der Waals surface area contributed by atoms with Crippen LogP contribution in [0.5, 0.6) is 0 Å². The summed E-state index contributed by atoms with van der Waals surface area (Å²) >= 11 is 0. The van der Waals surface area contributed by atoms with Crippen LogP contribution in [0.4, 0.5) is 0 Å². The number of hydrogen-bond acceptors (Lipinski definition) is 5. The fraction of sp³-hybridized carbons (Fsp3) is 0.719. The van der Waals surface area contributed by atoms with Gasteiger partial charge in [-0.2, -0.15) is 0 Å². The van der Waals surface area contributed by atoms with E-state index in [9.17, 15) is 14.4 Å². The molecule has 1 aromatic rings. The molecule has 4 fully saturated rings. The molecule has 0 aliphatic heterocycles. The number of hydrogen-bond donors (Lipinski definition) is 0.